The van der Waals surface area contributed by atoms with Crippen molar-refractivity contribution in [1.82, 2.24) is 15.1 Å². The average Bonchev–Trinajstić information content (AvgIpc) is 2.78. The highest BCUT2D eigenvalue weighted by molar-refractivity contribution is 5.22. The molecule has 1 unspecified atom stereocenters. The fourth-order valence-electron chi connectivity index (χ4n) is 2.38. The van der Waals surface area contributed by atoms with Crippen molar-refractivity contribution in [2.45, 2.75) is 46.2 Å². The zero-order valence-corrected chi connectivity index (χ0v) is 11.6. The number of hydrogen-bond acceptors (Lipinski definition) is 3. The number of rotatable bonds is 5. The molecule has 1 atom stereocenters. The topological polar surface area (TPSA) is 39.1 Å². The molecule has 0 radical (unpaired) electrons. The molecule has 0 fully saturated rings. The van der Waals surface area contributed by atoms with Crippen LogP contribution in [-0.4, -0.2) is 22.9 Å². The van der Waals surface area contributed by atoms with Crippen molar-refractivity contribution in [2.24, 2.45) is 0 Å². The highest BCUT2D eigenvalue weighted by Gasteiger charge is 2.22. The van der Waals surface area contributed by atoms with Gasteiger partial charge in [0, 0.05) is 6.54 Å². The highest BCUT2D eigenvalue weighted by Crippen LogP contribution is 2.26. The molecule has 1 aliphatic heterocycles. The lowest BCUT2D eigenvalue weighted by Crippen LogP contribution is -2.27. The van der Waals surface area contributed by atoms with Gasteiger partial charge in [-0.05, 0) is 45.4 Å². The maximum Gasteiger partial charge on any atom is 0.115 e. The van der Waals surface area contributed by atoms with E-state index >= 15 is 0 Å². The van der Waals surface area contributed by atoms with Gasteiger partial charge in [0.05, 0.1) is 18.0 Å². The summed E-state index contributed by atoms with van der Waals surface area (Å²) in [7, 11) is 0. The van der Waals surface area contributed by atoms with E-state index in [1.807, 2.05) is 6.92 Å². The number of aromatic nitrogens is 2. The predicted molar refractivity (Wildman–Crippen MR) is 72.3 cm³/mol. The largest absolute Gasteiger partial charge is 0.496 e. The van der Waals surface area contributed by atoms with Gasteiger partial charge in [-0.25, -0.2) is 0 Å². The summed E-state index contributed by atoms with van der Waals surface area (Å²) in [4.78, 5) is 0. The molecule has 1 aromatic heterocycles. The van der Waals surface area contributed by atoms with Gasteiger partial charge in [-0.3, -0.25) is 4.68 Å². The molecule has 4 heteroatoms. The van der Waals surface area contributed by atoms with Crippen LogP contribution in [0.25, 0.3) is 0 Å². The quantitative estimate of drug-likeness (QED) is 0.871. The van der Waals surface area contributed by atoms with Gasteiger partial charge < -0.3 is 10.1 Å². The Morgan fingerprint density at radius 3 is 2.94 bits per heavy atom. The third-order valence-corrected chi connectivity index (χ3v) is 3.18. The third kappa shape index (κ3) is 2.75. The molecule has 0 aliphatic carbocycles. The van der Waals surface area contributed by atoms with Crippen LogP contribution in [0.2, 0.25) is 0 Å². The van der Waals surface area contributed by atoms with Gasteiger partial charge in [-0.2, -0.15) is 5.10 Å². The summed E-state index contributed by atoms with van der Waals surface area (Å²) in [6.45, 7) is 8.91. The van der Waals surface area contributed by atoms with Gasteiger partial charge >= 0.3 is 0 Å². The molecule has 0 saturated carbocycles. The second kappa shape index (κ2) is 6.05. The first kappa shape index (κ1) is 13.1. The summed E-state index contributed by atoms with van der Waals surface area (Å²) in [5.74, 6) is 1.05. The van der Waals surface area contributed by atoms with Gasteiger partial charge in [0.1, 0.15) is 11.8 Å². The molecule has 100 valence electrons. The van der Waals surface area contributed by atoms with E-state index in [1.54, 1.807) is 0 Å². The summed E-state index contributed by atoms with van der Waals surface area (Å²) >= 11 is 0. The zero-order valence-electron chi connectivity index (χ0n) is 11.6. The van der Waals surface area contributed by atoms with E-state index in [0.717, 1.165) is 44.0 Å². The molecule has 1 aromatic rings. The van der Waals surface area contributed by atoms with E-state index < -0.39 is 0 Å². The predicted octanol–water partition coefficient (Wildman–Crippen LogP) is 2.56. The summed E-state index contributed by atoms with van der Waals surface area (Å²) in [6, 6.07) is 2.28. The van der Waals surface area contributed by atoms with Crippen LogP contribution in [0.5, 0.6) is 0 Å². The lowest BCUT2D eigenvalue weighted by molar-refractivity contribution is 0.166. The molecule has 4 nitrogen and oxygen atoms in total. The molecule has 0 amide bonds. The van der Waals surface area contributed by atoms with Crippen molar-refractivity contribution in [2.75, 3.05) is 13.2 Å². The summed E-state index contributed by atoms with van der Waals surface area (Å²) in [6.07, 6.45) is 4.43. The molecule has 1 N–H and O–H groups in total. The Hall–Kier alpha value is -1.29. The number of nitrogens with one attached hydrogen (secondary N) is 1. The molecular weight excluding hydrogens is 226 g/mol. The van der Waals surface area contributed by atoms with Crippen molar-refractivity contribution in [3.63, 3.8) is 0 Å². The van der Waals surface area contributed by atoms with Crippen molar-refractivity contribution in [3.8, 4) is 0 Å². The van der Waals surface area contributed by atoms with E-state index in [1.165, 1.54) is 5.69 Å². The second-order valence-electron chi connectivity index (χ2n) is 4.61. The third-order valence-electron chi connectivity index (χ3n) is 3.18. The van der Waals surface area contributed by atoms with Crippen molar-refractivity contribution in [1.29, 1.82) is 0 Å². The van der Waals surface area contributed by atoms with Crippen LogP contribution in [0.3, 0.4) is 0 Å². The number of allylic oxidation sites excluding steroid dienone is 1. The van der Waals surface area contributed by atoms with Crippen molar-refractivity contribution in [3.05, 3.63) is 29.3 Å². The van der Waals surface area contributed by atoms with Gasteiger partial charge in [-0.15, -0.1) is 0 Å². The van der Waals surface area contributed by atoms with E-state index in [2.05, 4.69) is 41.1 Å². The van der Waals surface area contributed by atoms with Crippen LogP contribution >= 0.6 is 0 Å². The lowest BCUT2D eigenvalue weighted by atomic mass is 10.1. The smallest absolute Gasteiger partial charge is 0.115 e. The van der Waals surface area contributed by atoms with Gasteiger partial charge in [0.25, 0.3) is 0 Å². The summed E-state index contributed by atoms with van der Waals surface area (Å²) < 4.78 is 7.87. The normalized spacial score (nSPS) is 17.2. The molecule has 0 saturated heterocycles. The first-order chi connectivity index (χ1) is 8.76. The number of nitrogens with zero attached hydrogens (tertiary/aromatic N) is 2. The second-order valence-corrected chi connectivity index (χ2v) is 4.61. The number of ether oxygens (including phenoxy) is 1. The SMILES string of the molecule is CCNC(C1=CCCCO1)c1cc(C)nn1CC. The van der Waals surface area contributed by atoms with Gasteiger partial charge in [0.15, 0.2) is 0 Å². The summed E-state index contributed by atoms with van der Waals surface area (Å²) in [5.41, 5.74) is 2.26. The monoisotopic (exact) mass is 249 g/mol. The Morgan fingerprint density at radius 2 is 2.33 bits per heavy atom. The Labute approximate surface area is 109 Å². The fourth-order valence-corrected chi connectivity index (χ4v) is 2.38. The molecule has 0 bridgehead atoms. The minimum atomic E-state index is 0.136. The minimum Gasteiger partial charge on any atom is -0.496 e. The average molecular weight is 249 g/mol. The van der Waals surface area contributed by atoms with Crippen molar-refractivity contribution < 1.29 is 4.74 Å². The zero-order chi connectivity index (χ0) is 13.0. The number of aryl methyl sites for hydroxylation is 2. The molecule has 0 aromatic carbocycles. The Balaban J connectivity index is 2.30. The molecule has 0 spiro atoms. The first-order valence-corrected chi connectivity index (χ1v) is 6.86. The molecule has 2 heterocycles. The number of hydrogen-bond donors (Lipinski definition) is 1. The Kier molecular flexibility index (Phi) is 4.42. The van der Waals surface area contributed by atoms with Crippen molar-refractivity contribution >= 4 is 0 Å². The van der Waals surface area contributed by atoms with Crippen LogP contribution in [-0.2, 0) is 11.3 Å². The molecule has 2 rings (SSSR count). The standard InChI is InChI=1S/C14H23N3O/c1-4-15-14(13-8-6-7-9-18-13)12-10-11(3)16-17(12)5-2/h8,10,14-15H,4-7,9H2,1-3H3. The first-order valence-electron chi connectivity index (χ1n) is 6.86. The van der Waals surface area contributed by atoms with E-state index in [9.17, 15) is 0 Å². The lowest BCUT2D eigenvalue weighted by Gasteiger charge is -2.25. The summed E-state index contributed by atoms with van der Waals surface area (Å²) in [5, 5.41) is 8.02. The van der Waals surface area contributed by atoms with Gasteiger partial charge in [0.2, 0.25) is 0 Å². The number of likely N-dealkylation sites (N-methyl/N-ethyl adjacent to an activating group) is 1. The van der Waals surface area contributed by atoms with Crippen LogP contribution in [0.4, 0.5) is 0 Å². The molecular formula is C14H23N3O. The van der Waals surface area contributed by atoms with Crippen LogP contribution < -0.4 is 5.32 Å². The Morgan fingerprint density at radius 1 is 1.50 bits per heavy atom. The fraction of sp³-hybridized carbons (Fsp3) is 0.643. The molecule has 1 aliphatic rings. The highest BCUT2D eigenvalue weighted by atomic mass is 16.5. The van der Waals surface area contributed by atoms with Gasteiger partial charge in [-0.1, -0.05) is 6.92 Å². The maximum absolute atomic E-state index is 5.81. The van der Waals surface area contributed by atoms with Crippen LogP contribution in [0.15, 0.2) is 17.9 Å². The van der Waals surface area contributed by atoms with Crippen LogP contribution in [0, 0.1) is 6.92 Å². The van der Waals surface area contributed by atoms with E-state index in [-0.39, 0.29) is 6.04 Å². The minimum absolute atomic E-state index is 0.136. The maximum atomic E-state index is 5.81. The van der Waals surface area contributed by atoms with Crippen LogP contribution in [0.1, 0.15) is 44.1 Å². The van der Waals surface area contributed by atoms with E-state index in [4.69, 9.17) is 4.74 Å². The molecule has 18 heavy (non-hydrogen) atoms. The Bertz CT molecular complexity index is 423. The van der Waals surface area contributed by atoms with E-state index in [0.29, 0.717) is 0 Å².